The summed E-state index contributed by atoms with van der Waals surface area (Å²) in [5.41, 5.74) is 5.67. The van der Waals surface area contributed by atoms with Crippen molar-refractivity contribution in [3.8, 4) is 0 Å². The van der Waals surface area contributed by atoms with Gasteiger partial charge in [-0.05, 0) is 24.1 Å². The highest BCUT2D eigenvalue weighted by Crippen LogP contribution is 2.23. The molecule has 0 bridgehead atoms. The van der Waals surface area contributed by atoms with Gasteiger partial charge in [0.05, 0.1) is 11.7 Å². The molecule has 0 fully saturated rings. The molecule has 94 valence electrons. The Morgan fingerprint density at radius 1 is 1.35 bits per heavy atom. The van der Waals surface area contributed by atoms with Crippen LogP contribution >= 0.6 is 0 Å². The number of nitrogens with two attached hydrogens (primary N) is 1. The third kappa shape index (κ3) is 3.16. The van der Waals surface area contributed by atoms with Crippen LogP contribution in [0.2, 0.25) is 0 Å². The van der Waals surface area contributed by atoms with E-state index in [2.05, 4.69) is 0 Å². The van der Waals surface area contributed by atoms with Gasteiger partial charge in [-0.15, -0.1) is 0 Å². The highest BCUT2D eigenvalue weighted by molar-refractivity contribution is 5.93. The lowest BCUT2D eigenvalue weighted by Crippen LogP contribution is -2.20. The minimum absolute atomic E-state index is 0.00788. The number of benzene rings is 1. The number of nitrogen functional groups attached to an aromatic ring is 1. The smallest absolute Gasteiger partial charge is 0.337 e. The van der Waals surface area contributed by atoms with Gasteiger partial charge in [-0.2, -0.15) is 0 Å². The predicted molar refractivity (Wildman–Crippen MR) is 60.5 cm³/mol. The monoisotopic (exact) mass is 241 g/mol. The molecule has 0 spiro atoms. The molecule has 0 aliphatic carbocycles. The molecular formula is C11H15NO5. The van der Waals surface area contributed by atoms with Crippen molar-refractivity contribution in [1.82, 2.24) is 0 Å². The zero-order chi connectivity index (χ0) is 13.0. The molecule has 0 saturated heterocycles. The molecule has 6 heteroatoms. The van der Waals surface area contributed by atoms with E-state index in [0.717, 1.165) is 0 Å². The van der Waals surface area contributed by atoms with Gasteiger partial charge in [0, 0.05) is 12.3 Å². The van der Waals surface area contributed by atoms with E-state index < -0.39 is 18.2 Å². The summed E-state index contributed by atoms with van der Waals surface area (Å²) in [5, 5.41) is 36.7. The Bertz CT molecular complexity index is 407. The summed E-state index contributed by atoms with van der Waals surface area (Å²) >= 11 is 0. The van der Waals surface area contributed by atoms with Crippen LogP contribution in [0, 0.1) is 0 Å². The molecule has 0 radical (unpaired) electrons. The first kappa shape index (κ1) is 13.4. The van der Waals surface area contributed by atoms with Crippen LogP contribution in [0.15, 0.2) is 18.2 Å². The SMILES string of the molecule is Nc1ccc(C(O)C(O)CCO)cc1C(=O)O. The highest BCUT2D eigenvalue weighted by atomic mass is 16.4. The lowest BCUT2D eigenvalue weighted by molar-refractivity contribution is 0.00416. The van der Waals surface area contributed by atoms with Crippen molar-refractivity contribution in [1.29, 1.82) is 0 Å². The quantitative estimate of drug-likeness (QED) is 0.452. The number of aliphatic hydroxyl groups excluding tert-OH is 3. The Labute approximate surface area is 97.9 Å². The lowest BCUT2D eigenvalue weighted by Gasteiger charge is -2.18. The molecule has 6 N–H and O–H groups in total. The molecular weight excluding hydrogens is 226 g/mol. The fourth-order valence-corrected chi connectivity index (χ4v) is 1.46. The molecule has 0 heterocycles. The molecule has 6 nitrogen and oxygen atoms in total. The van der Waals surface area contributed by atoms with Gasteiger partial charge in [0.1, 0.15) is 6.10 Å². The predicted octanol–water partition coefficient (Wildman–Crippen LogP) is -0.256. The summed E-state index contributed by atoms with van der Waals surface area (Å²) in [7, 11) is 0. The van der Waals surface area contributed by atoms with Gasteiger partial charge in [-0.1, -0.05) is 6.07 Å². The summed E-state index contributed by atoms with van der Waals surface area (Å²) in [6, 6.07) is 4.00. The number of rotatable bonds is 5. The fraction of sp³-hybridized carbons (Fsp3) is 0.364. The van der Waals surface area contributed by atoms with Crippen molar-refractivity contribution in [2.24, 2.45) is 0 Å². The maximum atomic E-state index is 10.8. The molecule has 1 rings (SSSR count). The van der Waals surface area contributed by atoms with E-state index in [1.54, 1.807) is 0 Å². The van der Waals surface area contributed by atoms with Gasteiger partial charge >= 0.3 is 5.97 Å². The topological polar surface area (TPSA) is 124 Å². The number of anilines is 1. The summed E-state index contributed by atoms with van der Waals surface area (Å²) in [5.74, 6) is -1.20. The normalized spacial score (nSPS) is 14.3. The second-order valence-corrected chi connectivity index (χ2v) is 3.68. The summed E-state index contributed by atoms with van der Waals surface area (Å²) in [6.07, 6.45) is -2.39. The Kier molecular flexibility index (Phi) is 4.45. The average Bonchev–Trinajstić information content (AvgIpc) is 2.28. The Morgan fingerprint density at radius 3 is 2.53 bits per heavy atom. The Hall–Kier alpha value is -1.63. The third-order valence-corrected chi connectivity index (χ3v) is 2.44. The van der Waals surface area contributed by atoms with Crippen molar-refractivity contribution < 1.29 is 25.2 Å². The number of aliphatic hydroxyl groups is 3. The maximum absolute atomic E-state index is 10.8. The van der Waals surface area contributed by atoms with Crippen LogP contribution in [0.1, 0.15) is 28.4 Å². The number of carboxylic acid groups (broad SMARTS) is 1. The van der Waals surface area contributed by atoms with Gasteiger partial charge in [0.2, 0.25) is 0 Å². The van der Waals surface area contributed by atoms with Crippen molar-refractivity contribution >= 4 is 11.7 Å². The van der Waals surface area contributed by atoms with E-state index in [-0.39, 0.29) is 29.8 Å². The van der Waals surface area contributed by atoms with Crippen molar-refractivity contribution in [2.45, 2.75) is 18.6 Å². The molecule has 0 aliphatic rings. The van der Waals surface area contributed by atoms with Crippen LogP contribution < -0.4 is 5.73 Å². The number of aromatic carboxylic acids is 1. The number of carboxylic acids is 1. The molecule has 1 aromatic carbocycles. The lowest BCUT2D eigenvalue weighted by atomic mass is 9.99. The summed E-state index contributed by atoms with van der Waals surface area (Å²) in [4.78, 5) is 10.8. The van der Waals surface area contributed by atoms with E-state index >= 15 is 0 Å². The molecule has 1 aromatic rings. The van der Waals surface area contributed by atoms with Crippen LogP contribution in [0.25, 0.3) is 0 Å². The zero-order valence-electron chi connectivity index (χ0n) is 9.08. The molecule has 0 aliphatic heterocycles. The van der Waals surface area contributed by atoms with Crippen LogP contribution in [0.4, 0.5) is 5.69 Å². The minimum atomic E-state index is -1.25. The second kappa shape index (κ2) is 5.62. The van der Waals surface area contributed by atoms with Crippen LogP contribution in [0.5, 0.6) is 0 Å². The summed E-state index contributed by atoms with van der Waals surface area (Å²) in [6.45, 7) is -0.265. The maximum Gasteiger partial charge on any atom is 0.337 e. The third-order valence-electron chi connectivity index (χ3n) is 2.44. The van der Waals surface area contributed by atoms with E-state index in [4.69, 9.17) is 15.9 Å². The Morgan fingerprint density at radius 2 is 2.00 bits per heavy atom. The molecule has 17 heavy (non-hydrogen) atoms. The van der Waals surface area contributed by atoms with Crippen LogP contribution in [-0.4, -0.2) is 39.1 Å². The van der Waals surface area contributed by atoms with Gasteiger partial charge in [0.25, 0.3) is 0 Å². The molecule has 2 unspecified atom stereocenters. The number of carbonyl (C=O) groups is 1. The van der Waals surface area contributed by atoms with Gasteiger partial charge in [-0.25, -0.2) is 4.79 Å². The van der Waals surface area contributed by atoms with E-state index in [9.17, 15) is 15.0 Å². The van der Waals surface area contributed by atoms with E-state index in [1.807, 2.05) is 0 Å². The Balaban J connectivity index is 2.99. The standard InChI is InChI=1S/C11H15NO5/c12-8-2-1-6(5-7(8)11(16)17)10(15)9(14)3-4-13/h1-2,5,9-10,13-15H,3-4,12H2,(H,16,17). The fourth-order valence-electron chi connectivity index (χ4n) is 1.46. The van der Waals surface area contributed by atoms with Crippen molar-refractivity contribution in [3.05, 3.63) is 29.3 Å². The minimum Gasteiger partial charge on any atom is -0.478 e. The number of hydrogen-bond donors (Lipinski definition) is 5. The number of hydrogen-bond acceptors (Lipinski definition) is 5. The first-order chi connectivity index (χ1) is 7.97. The first-order valence-corrected chi connectivity index (χ1v) is 5.07. The van der Waals surface area contributed by atoms with Gasteiger partial charge in [-0.3, -0.25) is 0 Å². The van der Waals surface area contributed by atoms with Crippen LogP contribution in [-0.2, 0) is 0 Å². The largest absolute Gasteiger partial charge is 0.478 e. The van der Waals surface area contributed by atoms with Crippen molar-refractivity contribution in [2.75, 3.05) is 12.3 Å². The van der Waals surface area contributed by atoms with Crippen LogP contribution in [0.3, 0.4) is 0 Å². The highest BCUT2D eigenvalue weighted by Gasteiger charge is 2.19. The van der Waals surface area contributed by atoms with E-state index in [0.29, 0.717) is 0 Å². The van der Waals surface area contributed by atoms with Crippen molar-refractivity contribution in [3.63, 3.8) is 0 Å². The van der Waals surface area contributed by atoms with E-state index in [1.165, 1.54) is 18.2 Å². The van der Waals surface area contributed by atoms with Gasteiger partial charge < -0.3 is 26.2 Å². The molecule has 0 amide bonds. The molecule has 0 saturated carbocycles. The molecule has 0 aromatic heterocycles. The average molecular weight is 241 g/mol. The summed E-state index contributed by atoms with van der Waals surface area (Å²) < 4.78 is 0. The van der Waals surface area contributed by atoms with Gasteiger partial charge in [0.15, 0.2) is 0 Å². The zero-order valence-corrected chi connectivity index (χ0v) is 9.08. The molecule has 2 atom stereocenters. The second-order valence-electron chi connectivity index (χ2n) is 3.68. The first-order valence-electron chi connectivity index (χ1n) is 5.07.